The maximum Gasteiger partial charge on any atom is 0.274 e. The Labute approximate surface area is 147 Å². The summed E-state index contributed by atoms with van der Waals surface area (Å²) in [6.07, 6.45) is 6.26. The maximum absolute atomic E-state index is 12.5. The third-order valence-corrected chi connectivity index (χ3v) is 4.80. The minimum absolute atomic E-state index is 0.172. The van der Waals surface area contributed by atoms with Gasteiger partial charge in [0.15, 0.2) is 0 Å². The third-order valence-electron chi connectivity index (χ3n) is 4.80. The first-order valence-corrected chi connectivity index (χ1v) is 8.72. The van der Waals surface area contributed by atoms with Crippen molar-refractivity contribution in [3.63, 3.8) is 0 Å². The van der Waals surface area contributed by atoms with Crippen LogP contribution >= 0.6 is 0 Å². The third kappa shape index (κ3) is 4.26. The van der Waals surface area contributed by atoms with E-state index < -0.39 is 0 Å². The summed E-state index contributed by atoms with van der Waals surface area (Å²) in [5.41, 5.74) is 1.75. The zero-order valence-corrected chi connectivity index (χ0v) is 14.6. The van der Waals surface area contributed by atoms with Gasteiger partial charge in [-0.1, -0.05) is 19.8 Å². The van der Waals surface area contributed by atoms with Crippen molar-refractivity contribution in [2.24, 2.45) is 5.92 Å². The van der Waals surface area contributed by atoms with Gasteiger partial charge in [-0.05, 0) is 49.4 Å². The number of amides is 1. The summed E-state index contributed by atoms with van der Waals surface area (Å²) in [6.45, 7) is 4.08. The Morgan fingerprint density at radius 1 is 1.20 bits per heavy atom. The topological polar surface area (TPSA) is 87.1 Å². The number of nitrogens with one attached hydrogen (secondary N) is 2. The maximum atomic E-state index is 12.5. The molecule has 1 saturated carbocycles. The highest BCUT2D eigenvalue weighted by Crippen LogP contribution is 2.26. The van der Waals surface area contributed by atoms with Crippen molar-refractivity contribution in [2.75, 3.05) is 10.6 Å². The van der Waals surface area contributed by atoms with E-state index in [4.69, 9.17) is 0 Å². The molecule has 2 atom stereocenters. The molecule has 0 bridgehead atoms. The Morgan fingerprint density at radius 3 is 2.76 bits per heavy atom. The lowest BCUT2D eigenvalue weighted by atomic mass is 9.86. The van der Waals surface area contributed by atoms with Crippen LogP contribution in [0.4, 0.5) is 11.5 Å². The van der Waals surface area contributed by atoms with E-state index in [-0.39, 0.29) is 11.7 Å². The van der Waals surface area contributed by atoms with E-state index >= 15 is 0 Å². The standard InChI is InChI=1S/C19H24N4O2/c1-12-5-3-4-6-15(12)22-18-10-17(20-11-21-18)19(25)23-16-8-7-14(24)9-13(16)2/h7-12,15,24H,3-6H2,1-2H3,(H,23,25)(H,20,21,22). The summed E-state index contributed by atoms with van der Waals surface area (Å²) in [5, 5.41) is 15.7. The van der Waals surface area contributed by atoms with Gasteiger partial charge in [-0.15, -0.1) is 0 Å². The molecule has 6 heteroatoms. The van der Waals surface area contributed by atoms with Gasteiger partial charge in [0, 0.05) is 17.8 Å². The average molecular weight is 340 g/mol. The second-order valence-corrected chi connectivity index (χ2v) is 6.75. The van der Waals surface area contributed by atoms with Gasteiger partial charge in [0.25, 0.3) is 5.91 Å². The molecule has 1 fully saturated rings. The van der Waals surface area contributed by atoms with Crippen LogP contribution in [0.15, 0.2) is 30.6 Å². The molecule has 2 unspecified atom stereocenters. The molecular weight excluding hydrogens is 316 g/mol. The van der Waals surface area contributed by atoms with Crippen LogP contribution in [0, 0.1) is 12.8 Å². The number of carbonyl (C=O) groups excluding carboxylic acids is 1. The van der Waals surface area contributed by atoms with Crippen LogP contribution in [-0.4, -0.2) is 27.0 Å². The minimum Gasteiger partial charge on any atom is -0.508 e. The molecule has 0 saturated heterocycles. The van der Waals surface area contributed by atoms with Crippen molar-refractivity contribution in [1.82, 2.24) is 9.97 Å². The molecule has 1 aromatic carbocycles. The van der Waals surface area contributed by atoms with Crippen LogP contribution in [0.2, 0.25) is 0 Å². The highest BCUT2D eigenvalue weighted by Gasteiger charge is 2.21. The van der Waals surface area contributed by atoms with Crippen molar-refractivity contribution in [2.45, 2.75) is 45.6 Å². The Kier molecular flexibility index (Phi) is 5.16. The van der Waals surface area contributed by atoms with Gasteiger partial charge < -0.3 is 15.7 Å². The van der Waals surface area contributed by atoms with E-state index in [2.05, 4.69) is 27.5 Å². The summed E-state index contributed by atoms with van der Waals surface area (Å²) in [4.78, 5) is 20.8. The van der Waals surface area contributed by atoms with E-state index in [0.717, 1.165) is 12.0 Å². The predicted molar refractivity (Wildman–Crippen MR) is 97.9 cm³/mol. The van der Waals surface area contributed by atoms with Crippen LogP contribution in [0.25, 0.3) is 0 Å². The molecule has 2 aromatic rings. The summed E-state index contributed by atoms with van der Waals surface area (Å²) < 4.78 is 0. The van der Waals surface area contributed by atoms with Gasteiger partial charge in [-0.3, -0.25) is 4.79 Å². The van der Waals surface area contributed by atoms with Crippen LogP contribution < -0.4 is 10.6 Å². The van der Waals surface area contributed by atoms with Crippen molar-refractivity contribution in [3.8, 4) is 5.75 Å². The van der Waals surface area contributed by atoms with E-state index in [1.165, 1.54) is 25.6 Å². The number of carbonyl (C=O) groups is 1. The lowest BCUT2D eigenvalue weighted by Crippen LogP contribution is -2.30. The minimum atomic E-state index is -0.295. The molecule has 1 aromatic heterocycles. The molecule has 0 aliphatic heterocycles. The van der Waals surface area contributed by atoms with Crippen LogP contribution in [0.5, 0.6) is 5.75 Å². The van der Waals surface area contributed by atoms with Crippen LogP contribution in [0.1, 0.15) is 48.7 Å². The highest BCUT2D eigenvalue weighted by atomic mass is 16.3. The second-order valence-electron chi connectivity index (χ2n) is 6.75. The summed E-state index contributed by atoms with van der Waals surface area (Å²) in [6, 6.07) is 6.89. The molecule has 3 rings (SSSR count). The quantitative estimate of drug-likeness (QED) is 0.738. The number of hydrogen-bond acceptors (Lipinski definition) is 5. The number of benzene rings is 1. The fourth-order valence-corrected chi connectivity index (χ4v) is 3.26. The highest BCUT2D eigenvalue weighted by molar-refractivity contribution is 6.03. The first-order chi connectivity index (χ1) is 12.0. The molecule has 0 spiro atoms. The monoisotopic (exact) mass is 340 g/mol. The largest absolute Gasteiger partial charge is 0.508 e. The van der Waals surface area contributed by atoms with Gasteiger partial charge in [0.1, 0.15) is 23.6 Å². The number of aryl methyl sites for hydroxylation is 1. The van der Waals surface area contributed by atoms with Gasteiger partial charge in [-0.25, -0.2) is 9.97 Å². The van der Waals surface area contributed by atoms with Crippen molar-refractivity contribution >= 4 is 17.4 Å². The summed E-state index contributed by atoms with van der Waals surface area (Å²) in [5.74, 6) is 1.16. The van der Waals surface area contributed by atoms with E-state index in [0.29, 0.717) is 29.2 Å². The fourth-order valence-electron chi connectivity index (χ4n) is 3.26. The van der Waals surface area contributed by atoms with Crippen molar-refractivity contribution in [1.29, 1.82) is 0 Å². The number of anilines is 2. The van der Waals surface area contributed by atoms with E-state index in [1.807, 2.05) is 6.92 Å². The number of aromatic hydroxyl groups is 1. The molecule has 1 aliphatic rings. The lowest BCUT2D eigenvalue weighted by molar-refractivity contribution is 0.102. The molecule has 132 valence electrons. The van der Waals surface area contributed by atoms with Crippen molar-refractivity contribution < 1.29 is 9.90 Å². The summed E-state index contributed by atoms with van der Waals surface area (Å²) in [7, 11) is 0. The molecule has 25 heavy (non-hydrogen) atoms. The Balaban J connectivity index is 1.70. The second kappa shape index (κ2) is 7.51. The zero-order chi connectivity index (χ0) is 17.8. The zero-order valence-electron chi connectivity index (χ0n) is 14.6. The fraction of sp³-hybridized carbons (Fsp3) is 0.421. The number of hydrogen-bond donors (Lipinski definition) is 3. The molecule has 3 N–H and O–H groups in total. The predicted octanol–water partition coefficient (Wildman–Crippen LogP) is 3.73. The molecule has 6 nitrogen and oxygen atoms in total. The molecule has 1 heterocycles. The number of aromatic nitrogens is 2. The van der Waals surface area contributed by atoms with E-state index in [9.17, 15) is 9.90 Å². The van der Waals surface area contributed by atoms with Crippen molar-refractivity contribution in [3.05, 3.63) is 41.9 Å². The van der Waals surface area contributed by atoms with Gasteiger partial charge in [0.2, 0.25) is 0 Å². The molecule has 1 aliphatic carbocycles. The normalized spacial score (nSPS) is 20.1. The molecule has 1 amide bonds. The molecule has 0 radical (unpaired) electrons. The number of phenols is 1. The smallest absolute Gasteiger partial charge is 0.274 e. The Bertz CT molecular complexity index is 763. The van der Waals surface area contributed by atoms with Crippen LogP contribution in [0.3, 0.4) is 0 Å². The number of phenolic OH excluding ortho intramolecular Hbond substituents is 1. The summed E-state index contributed by atoms with van der Waals surface area (Å²) >= 11 is 0. The first kappa shape index (κ1) is 17.2. The Hall–Kier alpha value is -2.63. The molecular formula is C19H24N4O2. The van der Waals surface area contributed by atoms with Gasteiger partial charge >= 0.3 is 0 Å². The number of rotatable bonds is 4. The van der Waals surface area contributed by atoms with E-state index in [1.54, 1.807) is 24.3 Å². The average Bonchev–Trinajstić information content (AvgIpc) is 2.60. The van der Waals surface area contributed by atoms with Gasteiger partial charge in [-0.2, -0.15) is 0 Å². The SMILES string of the molecule is Cc1cc(O)ccc1NC(=O)c1cc(NC2CCCCC2C)ncn1. The van der Waals surface area contributed by atoms with Gasteiger partial charge in [0.05, 0.1) is 0 Å². The first-order valence-electron chi connectivity index (χ1n) is 8.72. The Morgan fingerprint density at radius 2 is 2.00 bits per heavy atom. The number of nitrogens with zero attached hydrogens (tertiary/aromatic N) is 2. The lowest BCUT2D eigenvalue weighted by Gasteiger charge is -2.29. The van der Waals surface area contributed by atoms with Crippen LogP contribution in [-0.2, 0) is 0 Å².